The summed E-state index contributed by atoms with van der Waals surface area (Å²) in [6.45, 7) is 3.93. The molecule has 0 saturated carbocycles. The number of hydrogen-bond donors (Lipinski definition) is 2. The van der Waals surface area contributed by atoms with Gasteiger partial charge in [0.05, 0.1) is 12.7 Å². The Hall–Kier alpha value is -3.82. The number of aromatic hydroxyl groups is 1. The van der Waals surface area contributed by atoms with Crippen LogP contribution in [0.3, 0.4) is 0 Å². The Morgan fingerprint density at radius 1 is 0.758 bits per heavy atom. The van der Waals surface area contributed by atoms with Crippen molar-refractivity contribution in [2.45, 2.75) is 18.7 Å². The number of aryl methyl sites for hydroxylation is 2. The maximum absolute atomic E-state index is 11.9. The van der Waals surface area contributed by atoms with Crippen molar-refractivity contribution in [1.29, 1.82) is 0 Å². The molecule has 8 nitrogen and oxygen atoms in total. The summed E-state index contributed by atoms with van der Waals surface area (Å²) in [5.41, 5.74) is 3.59. The molecule has 0 saturated heterocycles. The van der Waals surface area contributed by atoms with Crippen molar-refractivity contribution in [3.8, 4) is 45.7 Å². The highest BCUT2D eigenvalue weighted by Crippen LogP contribution is 2.37. The molecule has 0 spiro atoms. The molecule has 0 fully saturated rings. The van der Waals surface area contributed by atoms with Gasteiger partial charge >= 0.3 is 0 Å². The van der Waals surface area contributed by atoms with Crippen LogP contribution in [0.25, 0.3) is 34.2 Å². The Labute approximate surface area is 191 Å². The molecular formula is C24H21N3O5S. The fourth-order valence-electron chi connectivity index (χ4n) is 3.25. The Morgan fingerprint density at radius 2 is 1.21 bits per heavy atom. The van der Waals surface area contributed by atoms with Crippen LogP contribution in [0.2, 0.25) is 0 Å². The van der Waals surface area contributed by atoms with Gasteiger partial charge in [-0.1, -0.05) is 59.7 Å². The summed E-state index contributed by atoms with van der Waals surface area (Å²) in [5, 5.41) is 10.6. The second-order valence-electron chi connectivity index (χ2n) is 7.53. The number of phenolic OH excluding ortho intramolecular Hbond substituents is 1. The summed E-state index contributed by atoms with van der Waals surface area (Å²) in [6.07, 6.45) is 0. The molecule has 168 valence electrons. The average Bonchev–Trinajstić information content (AvgIpc) is 2.78. The van der Waals surface area contributed by atoms with E-state index in [0.29, 0.717) is 11.6 Å². The lowest BCUT2D eigenvalue weighted by atomic mass is 10.1. The first-order chi connectivity index (χ1) is 15.7. The SMILES string of the molecule is COc1cc(O)c(-c2nc(-c3ccc(C)cc3)nc(-c3ccc(C)cc3)n2)cc1S(=O)(=O)O. The van der Waals surface area contributed by atoms with Crippen LogP contribution < -0.4 is 4.74 Å². The van der Waals surface area contributed by atoms with Crippen LogP contribution in [0.15, 0.2) is 65.6 Å². The summed E-state index contributed by atoms with van der Waals surface area (Å²) < 4.78 is 38.4. The van der Waals surface area contributed by atoms with Crippen molar-refractivity contribution < 1.29 is 22.8 Å². The van der Waals surface area contributed by atoms with Gasteiger partial charge in [-0.2, -0.15) is 8.42 Å². The first kappa shape index (κ1) is 22.4. The first-order valence-corrected chi connectivity index (χ1v) is 11.4. The second-order valence-corrected chi connectivity index (χ2v) is 8.92. The van der Waals surface area contributed by atoms with Crippen molar-refractivity contribution in [1.82, 2.24) is 15.0 Å². The average molecular weight is 464 g/mol. The highest BCUT2D eigenvalue weighted by molar-refractivity contribution is 7.86. The fourth-order valence-corrected chi connectivity index (χ4v) is 3.91. The van der Waals surface area contributed by atoms with Crippen LogP contribution in [0.5, 0.6) is 11.5 Å². The van der Waals surface area contributed by atoms with Gasteiger partial charge < -0.3 is 9.84 Å². The van der Waals surface area contributed by atoms with Crippen LogP contribution in [-0.2, 0) is 10.1 Å². The number of methoxy groups -OCH3 is 1. The molecule has 0 radical (unpaired) electrons. The molecule has 2 N–H and O–H groups in total. The number of ether oxygens (including phenoxy) is 1. The molecule has 0 atom stereocenters. The number of rotatable bonds is 5. The summed E-state index contributed by atoms with van der Waals surface area (Å²) >= 11 is 0. The molecule has 4 aromatic rings. The molecule has 1 aromatic heterocycles. The van der Waals surface area contributed by atoms with E-state index in [-0.39, 0.29) is 22.9 Å². The zero-order chi connectivity index (χ0) is 23.8. The molecule has 33 heavy (non-hydrogen) atoms. The predicted octanol–water partition coefficient (Wildman–Crippen LogP) is 4.45. The fraction of sp³-hybridized carbons (Fsp3) is 0.125. The van der Waals surface area contributed by atoms with Gasteiger partial charge in [-0.3, -0.25) is 4.55 Å². The minimum Gasteiger partial charge on any atom is -0.507 e. The maximum atomic E-state index is 11.9. The van der Waals surface area contributed by atoms with Gasteiger partial charge in [-0.05, 0) is 19.9 Å². The topological polar surface area (TPSA) is 122 Å². The van der Waals surface area contributed by atoms with E-state index in [2.05, 4.69) is 15.0 Å². The highest BCUT2D eigenvalue weighted by atomic mass is 32.2. The van der Waals surface area contributed by atoms with Crippen molar-refractivity contribution in [3.05, 3.63) is 71.8 Å². The minimum atomic E-state index is -4.63. The van der Waals surface area contributed by atoms with E-state index in [1.54, 1.807) is 0 Å². The number of nitrogens with zero attached hydrogens (tertiary/aromatic N) is 3. The molecule has 1 heterocycles. The summed E-state index contributed by atoms with van der Waals surface area (Å²) in [6, 6.07) is 17.3. The number of hydrogen-bond acceptors (Lipinski definition) is 7. The highest BCUT2D eigenvalue weighted by Gasteiger charge is 2.23. The Bertz CT molecular complexity index is 1370. The number of benzene rings is 3. The summed E-state index contributed by atoms with van der Waals surface area (Å²) in [4.78, 5) is 13.1. The van der Waals surface area contributed by atoms with Gasteiger partial charge in [0.1, 0.15) is 16.4 Å². The second kappa shape index (κ2) is 8.61. The quantitative estimate of drug-likeness (QED) is 0.416. The van der Waals surface area contributed by atoms with Crippen molar-refractivity contribution in [3.63, 3.8) is 0 Å². The Morgan fingerprint density at radius 3 is 1.64 bits per heavy atom. The van der Waals surface area contributed by atoms with Crippen LogP contribution in [0.4, 0.5) is 0 Å². The molecular weight excluding hydrogens is 442 g/mol. The van der Waals surface area contributed by atoms with E-state index in [9.17, 15) is 18.1 Å². The summed E-state index contributed by atoms with van der Waals surface area (Å²) in [5.74, 6) is 0.222. The first-order valence-electron chi connectivity index (χ1n) is 9.95. The van der Waals surface area contributed by atoms with Gasteiger partial charge in [0.15, 0.2) is 17.5 Å². The lowest BCUT2D eigenvalue weighted by molar-refractivity contribution is 0.392. The molecule has 0 amide bonds. The minimum absolute atomic E-state index is 0.00699. The maximum Gasteiger partial charge on any atom is 0.298 e. The van der Waals surface area contributed by atoms with E-state index < -0.39 is 15.0 Å². The molecule has 3 aromatic carbocycles. The van der Waals surface area contributed by atoms with Crippen LogP contribution in [-0.4, -0.2) is 40.1 Å². The molecule has 0 aliphatic carbocycles. The lowest BCUT2D eigenvalue weighted by Gasteiger charge is -2.12. The summed E-state index contributed by atoms with van der Waals surface area (Å²) in [7, 11) is -3.40. The van der Waals surface area contributed by atoms with E-state index >= 15 is 0 Å². The van der Waals surface area contributed by atoms with Crippen molar-refractivity contribution in [2.75, 3.05) is 7.11 Å². The molecule has 9 heteroatoms. The van der Waals surface area contributed by atoms with E-state index in [1.165, 1.54) is 7.11 Å². The normalized spacial score (nSPS) is 11.4. The van der Waals surface area contributed by atoms with Gasteiger partial charge in [0, 0.05) is 17.2 Å². The van der Waals surface area contributed by atoms with Gasteiger partial charge in [0.25, 0.3) is 10.1 Å². The predicted molar refractivity (Wildman–Crippen MR) is 124 cm³/mol. The van der Waals surface area contributed by atoms with Crippen molar-refractivity contribution in [2.24, 2.45) is 0 Å². The Balaban J connectivity index is 1.98. The monoisotopic (exact) mass is 463 g/mol. The molecule has 0 aliphatic heterocycles. The molecule has 0 bridgehead atoms. The Kier molecular flexibility index (Phi) is 5.84. The van der Waals surface area contributed by atoms with Crippen LogP contribution >= 0.6 is 0 Å². The third-order valence-electron chi connectivity index (χ3n) is 5.06. The molecule has 0 aliphatic rings. The zero-order valence-corrected chi connectivity index (χ0v) is 19.0. The standard InChI is InChI=1S/C24H21N3O5S/c1-14-4-8-16(9-5-14)22-25-23(17-10-6-15(2)7-11-17)27-24(26-22)18-12-21(33(29,30)31)20(32-3)13-19(18)28/h4-13,28H,1-3H3,(H,29,30,31). The van der Waals surface area contributed by atoms with Gasteiger partial charge in [-0.15, -0.1) is 0 Å². The largest absolute Gasteiger partial charge is 0.507 e. The molecule has 0 unspecified atom stereocenters. The lowest BCUT2D eigenvalue weighted by Crippen LogP contribution is -2.04. The third kappa shape index (κ3) is 4.69. The molecule has 4 rings (SSSR count). The van der Waals surface area contributed by atoms with E-state index in [1.807, 2.05) is 62.4 Å². The number of aromatic nitrogens is 3. The van der Waals surface area contributed by atoms with E-state index in [0.717, 1.165) is 34.4 Å². The van der Waals surface area contributed by atoms with Gasteiger partial charge in [0.2, 0.25) is 0 Å². The van der Waals surface area contributed by atoms with E-state index in [4.69, 9.17) is 4.74 Å². The van der Waals surface area contributed by atoms with Gasteiger partial charge in [-0.25, -0.2) is 15.0 Å². The third-order valence-corrected chi connectivity index (χ3v) is 5.93. The van der Waals surface area contributed by atoms with Crippen LogP contribution in [0.1, 0.15) is 11.1 Å². The van der Waals surface area contributed by atoms with Crippen LogP contribution in [0, 0.1) is 13.8 Å². The zero-order valence-electron chi connectivity index (χ0n) is 18.1. The van der Waals surface area contributed by atoms with Crippen molar-refractivity contribution >= 4 is 10.1 Å². The number of phenols is 1. The smallest absolute Gasteiger partial charge is 0.298 e.